The van der Waals surface area contributed by atoms with E-state index in [-0.39, 0.29) is 18.2 Å². The number of rotatable bonds is 8. The van der Waals surface area contributed by atoms with Crippen molar-refractivity contribution in [2.45, 2.75) is 40.0 Å². The van der Waals surface area contributed by atoms with Crippen LogP contribution in [0.15, 0.2) is 36.5 Å². The predicted molar refractivity (Wildman–Crippen MR) is 132 cm³/mol. The summed E-state index contributed by atoms with van der Waals surface area (Å²) < 4.78 is 38.2. The smallest absolute Gasteiger partial charge is 0.262 e. The Bertz CT molecular complexity index is 1430. The zero-order valence-corrected chi connectivity index (χ0v) is 20.9. The molecule has 0 saturated carbocycles. The molecule has 2 amide bonds. The van der Waals surface area contributed by atoms with Crippen LogP contribution in [0.5, 0.6) is 11.5 Å². The number of sulfonamides is 1. The van der Waals surface area contributed by atoms with Gasteiger partial charge in [0.2, 0.25) is 15.9 Å². The molecule has 0 aliphatic carbocycles. The lowest BCUT2D eigenvalue weighted by Crippen LogP contribution is -2.29. The number of benzene rings is 2. The molecule has 0 fully saturated rings. The van der Waals surface area contributed by atoms with Gasteiger partial charge >= 0.3 is 0 Å². The lowest BCUT2D eigenvalue weighted by Gasteiger charge is -2.19. The second kappa shape index (κ2) is 9.53. The number of carbonyl (C=O) groups excluding carboxylic acids is 2. The van der Waals surface area contributed by atoms with Gasteiger partial charge in [-0.05, 0) is 50.1 Å². The summed E-state index contributed by atoms with van der Waals surface area (Å²) in [4.78, 5) is 31.0. The van der Waals surface area contributed by atoms with E-state index in [1.165, 1.54) is 0 Å². The van der Waals surface area contributed by atoms with Crippen LogP contribution in [0, 0.1) is 6.92 Å². The molecular formula is C25H27N3O6S. The molecule has 0 saturated heterocycles. The lowest BCUT2D eigenvalue weighted by molar-refractivity contribution is -0.117. The normalized spacial score (nSPS) is 13.1. The summed E-state index contributed by atoms with van der Waals surface area (Å²) in [7, 11) is -3.80. The molecule has 0 radical (unpaired) electrons. The lowest BCUT2D eigenvalue weighted by atomic mass is 10.0. The van der Waals surface area contributed by atoms with Gasteiger partial charge in [-0.3, -0.25) is 19.3 Å². The molecule has 10 heteroatoms. The Balaban J connectivity index is 1.77. The molecular weight excluding hydrogens is 470 g/mol. The Hall–Kier alpha value is -3.66. The first kappa shape index (κ1) is 24.5. The van der Waals surface area contributed by atoms with E-state index in [1.807, 2.05) is 31.6 Å². The second-order valence-corrected chi connectivity index (χ2v) is 9.93. The van der Waals surface area contributed by atoms with Crippen LogP contribution in [-0.4, -0.2) is 38.4 Å². The van der Waals surface area contributed by atoms with Gasteiger partial charge in [0.15, 0.2) is 5.75 Å². The highest BCUT2D eigenvalue weighted by molar-refractivity contribution is 7.89. The first-order valence-corrected chi connectivity index (χ1v) is 12.9. The molecule has 1 aliphatic heterocycles. The topological polar surface area (TPSA) is 115 Å². The SMILES string of the molecule is CCOc1c2c(c(OCC)c3ncccc13)CN(c1ccc(CS(=O)(=O)NC(C)=O)cc1C)C2=O. The van der Waals surface area contributed by atoms with Gasteiger partial charge in [0.1, 0.15) is 11.3 Å². The molecule has 1 aromatic heterocycles. The standard InChI is InChI=1S/C25H27N3O6S/c1-5-33-23-18-8-7-11-26-22(18)24(34-6-2)19-13-28(25(30)21(19)23)20-10-9-17(12-15(20)3)14-35(31,32)27-16(4)29/h7-12H,5-6,13-14H2,1-4H3,(H,27,29). The van der Waals surface area contributed by atoms with Crippen molar-refractivity contribution in [1.82, 2.24) is 9.71 Å². The van der Waals surface area contributed by atoms with E-state index >= 15 is 0 Å². The minimum atomic E-state index is -3.80. The molecule has 2 aromatic carbocycles. The number of fused-ring (bicyclic) bond motifs is 2. The van der Waals surface area contributed by atoms with Crippen LogP contribution in [-0.2, 0) is 27.1 Å². The number of nitrogens with one attached hydrogen (secondary N) is 1. The summed E-state index contributed by atoms with van der Waals surface area (Å²) in [6.45, 7) is 7.76. The van der Waals surface area contributed by atoms with Crippen molar-refractivity contribution >= 4 is 38.4 Å². The number of aromatic nitrogens is 1. The molecule has 1 aliphatic rings. The van der Waals surface area contributed by atoms with Crippen molar-refractivity contribution in [3.05, 3.63) is 58.8 Å². The van der Waals surface area contributed by atoms with Gasteiger partial charge in [0.05, 0.1) is 31.1 Å². The monoisotopic (exact) mass is 497 g/mol. The van der Waals surface area contributed by atoms with Crippen LogP contribution in [0.3, 0.4) is 0 Å². The van der Waals surface area contributed by atoms with Crippen LogP contribution in [0.25, 0.3) is 10.9 Å². The van der Waals surface area contributed by atoms with E-state index < -0.39 is 15.9 Å². The Morgan fingerprint density at radius 2 is 1.86 bits per heavy atom. The second-order valence-electron chi connectivity index (χ2n) is 8.21. The Labute approximate surface area is 204 Å². The van der Waals surface area contributed by atoms with Crippen LogP contribution in [0.1, 0.15) is 47.8 Å². The van der Waals surface area contributed by atoms with Crippen molar-refractivity contribution < 1.29 is 27.5 Å². The van der Waals surface area contributed by atoms with Crippen LogP contribution in [0.4, 0.5) is 5.69 Å². The summed E-state index contributed by atoms with van der Waals surface area (Å²) in [5.41, 5.74) is 3.68. The molecule has 35 heavy (non-hydrogen) atoms. The van der Waals surface area contributed by atoms with E-state index in [0.29, 0.717) is 58.0 Å². The van der Waals surface area contributed by atoms with Gasteiger partial charge in [-0.1, -0.05) is 12.1 Å². The summed E-state index contributed by atoms with van der Waals surface area (Å²) in [6, 6.07) is 8.72. The van der Waals surface area contributed by atoms with Gasteiger partial charge in [-0.25, -0.2) is 8.42 Å². The third-order valence-electron chi connectivity index (χ3n) is 5.63. The van der Waals surface area contributed by atoms with E-state index in [1.54, 1.807) is 35.4 Å². The van der Waals surface area contributed by atoms with Gasteiger partial charge in [-0.15, -0.1) is 0 Å². The number of hydrogen-bond acceptors (Lipinski definition) is 7. The fourth-order valence-electron chi connectivity index (χ4n) is 4.41. The van der Waals surface area contributed by atoms with Crippen molar-refractivity contribution in [1.29, 1.82) is 0 Å². The molecule has 0 atom stereocenters. The number of amides is 2. The van der Waals surface area contributed by atoms with Crippen LogP contribution < -0.4 is 19.1 Å². The van der Waals surface area contributed by atoms with Crippen LogP contribution in [0.2, 0.25) is 0 Å². The average molecular weight is 498 g/mol. The van der Waals surface area contributed by atoms with Crippen LogP contribution >= 0.6 is 0 Å². The molecule has 9 nitrogen and oxygen atoms in total. The molecule has 1 N–H and O–H groups in total. The largest absolute Gasteiger partial charge is 0.492 e. The van der Waals surface area contributed by atoms with Gasteiger partial charge in [0, 0.05) is 29.8 Å². The first-order valence-electron chi connectivity index (χ1n) is 11.3. The number of nitrogens with zero attached hydrogens (tertiary/aromatic N) is 2. The number of ether oxygens (including phenoxy) is 2. The minimum Gasteiger partial charge on any atom is -0.492 e. The van der Waals surface area contributed by atoms with Crippen molar-refractivity contribution in [3.63, 3.8) is 0 Å². The third kappa shape index (κ3) is 4.66. The van der Waals surface area contributed by atoms with E-state index in [4.69, 9.17) is 9.47 Å². The maximum absolute atomic E-state index is 13.7. The average Bonchev–Trinajstić information content (AvgIpc) is 3.11. The maximum atomic E-state index is 13.7. The summed E-state index contributed by atoms with van der Waals surface area (Å²) in [5.74, 6) is -0.167. The molecule has 0 spiro atoms. The number of carbonyl (C=O) groups is 2. The maximum Gasteiger partial charge on any atom is 0.262 e. The number of anilines is 1. The van der Waals surface area contributed by atoms with E-state index in [2.05, 4.69) is 4.98 Å². The molecule has 0 unspecified atom stereocenters. The Kier molecular flexibility index (Phi) is 6.66. The Morgan fingerprint density at radius 1 is 1.14 bits per heavy atom. The van der Waals surface area contributed by atoms with Gasteiger partial charge in [0.25, 0.3) is 5.91 Å². The molecule has 0 bridgehead atoms. The van der Waals surface area contributed by atoms with Crippen molar-refractivity contribution in [3.8, 4) is 11.5 Å². The van der Waals surface area contributed by atoms with Gasteiger partial charge in [-0.2, -0.15) is 0 Å². The number of pyridine rings is 1. The minimum absolute atomic E-state index is 0.225. The highest BCUT2D eigenvalue weighted by Gasteiger charge is 2.37. The number of aryl methyl sites for hydroxylation is 1. The first-order chi connectivity index (χ1) is 16.7. The zero-order chi connectivity index (χ0) is 25.3. The highest BCUT2D eigenvalue weighted by atomic mass is 32.2. The molecule has 184 valence electrons. The zero-order valence-electron chi connectivity index (χ0n) is 20.0. The quantitative estimate of drug-likeness (QED) is 0.507. The van der Waals surface area contributed by atoms with E-state index in [9.17, 15) is 18.0 Å². The molecule has 2 heterocycles. The van der Waals surface area contributed by atoms with Gasteiger partial charge < -0.3 is 14.4 Å². The fourth-order valence-corrected chi connectivity index (χ4v) is 5.54. The summed E-state index contributed by atoms with van der Waals surface area (Å²) in [5, 5.41) is 0.710. The Morgan fingerprint density at radius 3 is 2.51 bits per heavy atom. The molecule has 3 aromatic rings. The van der Waals surface area contributed by atoms with Crippen molar-refractivity contribution in [2.24, 2.45) is 0 Å². The number of hydrogen-bond donors (Lipinski definition) is 1. The summed E-state index contributed by atoms with van der Waals surface area (Å²) in [6.07, 6.45) is 1.68. The molecule has 4 rings (SSSR count). The third-order valence-corrected chi connectivity index (χ3v) is 6.94. The van der Waals surface area contributed by atoms with Crippen molar-refractivity contribution in [2.75, 3.05) is 18.1 Å². The fraction of sp³-hybridized carbons (Fsp3) is 0.320. The predicted octanol–water partition coefficient (Wildman–Crippen LogP) is 3.47. The van der Waals surface area contributed by atoms with E-state index in [0.717, 1.165) is 12.5 Å². The highest BCUT2D eigenvalue weighted by Crippen LogP contribution is 2.45. The summed E-state index contributed by atoms with van der Waals surface area (Å²) >= 11 is 0.